The van der Waals surface area contributed by atoms with Crippen LogP contribution in [0.25, 0.3) is 17.2 Å². The lowest BCUT2D eigenvalue weighted by atomic mass is 9.77. The first kappa shape index (κ1) is 26.0. The molecule has 0 unspecified atom stereocenters. The molecule has 1 saturated carbocycles. The van der Waals surface area contributed by atoms with Gasteiger partial charge in [0.25, 0.3) is 0 Å². The number of halogens is 4. The SMILES string of the molecule is CCOc1ccc(-c2ccc(CCC3CCC(c4ccc(/C=C(\F)CF)cc4)CC3)cc2)c(F)c1F. The number of hydrogen-bond donors (Lipinski definition) is 0. The van der Waals surface area contributed by atoms with Crippen molar-refractivity contribution in [3.05, 3.63) is 94.8 Å². The topological polar surface area (TPSA) is 9.23 Å². The van der Waals surface area contributed by atoms with Crippen LogP contribution in [0, 0.1) is 17.6 Å². The van der Waals surface area contributed by atoms with Gasteiger partial charge in [0.2, 0.25) is 5.82 Å². The highest BCUT2D eigenvalue weighted by molar-refractivity contribution is 5.65. The minimum atomic E-state index is -1.07. The Labute approximate surface area is 210 Å². The van der Waals surface area contributed by atoms with E-state index in [0.29, 0.717) is 23.0 Å². The summed E-state index contributed by atoms with van der Waals surface area (Å²) in [5, 5.41) is 0. The van der Waals surface area contributed by atoms with Crippen LogP contribution in [-0.4, -0.2) is 13.3 Å². The number of alkyl halides is 1. The van der Waals surface area contributed by atoms with Gasteiger partial charge in [-0.1, -0.05) is 48.5 Å². The number of rotatable bonds is 9. The van der Waals surface area contributed by atoms with E-state index in [9.17, 15) is 17.6 Å². The van der Waals surface area contributed by atoms with Gasteiger partial charge in [-0.25, -0.2) is 13.2 Å². The summed E-state index contributed by atoms with van der Waals surface area (Å²) in [6.07, 6.45) is 7.87. The van der Waals surface area contributed by atoms with Crippen molar-refractivity contribution in [1.82, 2.24) is 0 Å². The van der Waals surface area contributed by atoms with Crippen LogP contribution < -0.4 is 4.74 Å². The van der Waals surface area contributed by atoms with E-state index in [1.165, 1.54) is 23.3 Å². The molecule has 0 atom stereocenters. The van der Waals surface area contributed by atoms with Crippen molar-refractivity contribution in [2.75, 3.05) is 13.3 Å². The average molecular weight is 497 g/mol. The first-order chi connectivity index (χ1) is 17.5. The Hall–Kier alpha value is -3.08. The highest BCUT2D eigenvalue weighted by atomic mass is 19.2. The fourth-order valence-corrected chi connectivity index (χ4v) is 5.11. The molecule has 190 valence electrons. The van der Waals surface area contributed by atoms with Crippen molar-refractivity contribution in [2.45, 2.75) is 51.4 Å². The van der Waals surface area contributed by atoms with E-state index in [1.807, 2.05) is 48.5 Å². The average Bonchev–Trinajstić information content (AvgIpc) is 2.91. The molecule has 0 heterocycles. The van der Waals surface area contributed by atoms with Gasteiger partial charge in [-0.05, 0) is 97.7 Å². The summed E-state index contributed by atoms with van der Waals surface area (Å²) in [5.41, 5.74) is 4.02. The maximum absolute atomic E-state index is 14.5. The number of ether oxygens (including phenoxy) is 1. The van der Waals surface area contributed by atoms with E-state index in [1.54, 1.807) is 13.0 Å². The van der Waals surface area contributed by atoms with Gasteiger partial charge >= 0.3 is 0 Å². The Morgan fingerprint density at radius 2 is 1.58 bits per heavy atom. The second-order valence-electron chi connectivity index (χ2n) is 9.52. The molecule has 0 bridgehead atoms. The molecule has 0 radical (unpaired) electrons. The molecule has 0 saturated heterocycles. The molecule has 3 aromatic rings. The van der Waals surface area contributed by atoms with Crippen molar-refractivity contribution in [3.63, 3.8) is 0 Å². The quantitative estimate of drug-likeness (QED) is 0.268. The molecule has 3 aromatic carbocycles. The summed E-state index contributed by atoms with van der Waals surface area (Å²) in [7, 11) is 0. The molecule has 0 spiro atoms. The van der Waals surface area contributed by atoms with Crippen LogP contribution in [0.2, 0.25) is 0 Å². The molecule has 36 heavy (non-hydrogen) atoms. The van der Waals surface area contributed by atoms with Crippen LogP contribution in [-0.2, 0) is 6.42 Å². The minimum absolute atomic E-state index is 0.0664. The first-order valence-electron chi connectivity index (χ1n) is 12.7. The molecule has 0 aliphatic heterocycles. The lowest BCUT2D eigenvalue weighted by Gasteiger charge is -2.29. The number of aryl methyl sites for hydroxylation is 1. The van der Waals surface area contributed by atoms with Crippen LogP contribution >= 0.6 is 0 Å². The van der Waals surface area contributed by atoms with Gasteiger partial charge in [0.05, 0.1) is 6.61 Å². The second kappa shape index (κ2) is 12.2. The molecular formula is C31H32F4O. The zero-order valence-corrected chi connectivity index (χ0v) is 20.6. The third kappa shape index (κ3) is 6.37. The number of benzene rings is 3. The zero-order valence-electron chi connectivity index (χ0n) is 20.6. The lowest BCUT2D eigenvalue weighted by Crippen LogP contribution is -2.14. The Morgan fingerprint density at radius 3 is 2.22 bits per heavy atom. The smallest absolute Gasteiger partial charge is 0.201 e. The van der Waals surface area contributed by atoms with Gasteiger partial charge in [0.15, 0.2) is 11.6 Å². The van der Waals surface area contributed by atoms with E-state index in [4.69, 9.17) is 4.74 Å². The second-order valence-corrected chi connectivity index (χ2v) is 9.52. The molecule has 0 aromatic heterocycles. The van der Waals surface area contributed by atoms with Gasteiger partial charge in [-0.2, -0.15) is 4.39 Å². The van der Waals surface area contributed by atoms with E-state index >= 15 is 0 Å². The van der Waals surface area contributed by atoms with Crippen LogP contribution in [0.5, 0.6) is 5.75 Å². The molecule has 0 amide bonds. The van der Waals surface area contributed by atoms with E-state index in [0.717, 1.165) is 38.5 Å². The minimum Gasteiger partial charge on any atom is -0.491 e. The molecule has 1 fully saturated rings. The van der Waals surface area contributed by atoms with Gasteiger partial charge in [0.1, 0.15) is 12.5 Å². The maximum Gasteiger partial charge on any atom is 0.201 e. The Kier molecular flexibility index (Phi) is 8.84. The van der Waals surface area contributed by atoms with Crippen molar-refractivity contribution in [3.8, 4) is 16.9 Å². The Bertz CT molecular complexity index is 1160. The molecular weight excluding hydrogens is 464 g/mol. The van der Waals surface area contributed by atoms with Crippen molar-refractivity contribution >= 4 is 6.08 Å². The van der Waals surface area contributed by atoms with Crippen LogP contribution in [0.4, 0.5) is 17.6 Å². The number of allylic oxidation sites excluding steroid dienone is 1. The summed E-state index contributed by atoms with van der Waals surface area (Å²) < 4.78 is 59.3. The van der Waals surface area contributed by atoms with Gasteiger partial charge in [0, 0.05) is 5.56 Å². The van der Waals surface area contributed by atoms with Crippen LogP contribution in [0.15, 0.2) is 66.5 Å². The predicted molar refractivity (Wildman–Crippen MR) is 137 cm³/mol. The highest BCUT2D eigenvalue weighted by Crippen LogP contribution is 2.38. The maximum atomic E-state index is 14.5. The normalized spacial score (nSPS) is 18.3. The number of hydrogen-bond acceptors (Lipinski definition) is 1. The summed E-state index contributed by atoms with van der Waals surface area (Å²) in [6, 6.07) is 18.5. The van der Waals surface area contributed by atoms with Crippen molar-refractivity contribution in [2.24, 2.45) is 5.92 Å². The van der Waals surface area contributed by atoms with E-state index in [-0.39, 0.29) is 17.9 Å². The first-order valence-corrected chi connectivity index (χ1v) is 12.7. The van der Waals surface area contributed by atoms with E-state index < -0.39 is 24.1 Å². The lowest BCUT2D eigenvalue weighted by molar-refractivity contribution is 0.310. The molecule has 0 N–H and O–H groups in total. The van der Waals surface area contributed by atoms with Gasteiger partial charge in [-0.3, -0.25) is 0 Å². The van der Waals surface area contributed by atoms with Crippen molar-refractivity contribution < 1.29 is 22.3 Å². The summed E-state index contributed by atoms with van der Waals surface area (Å²) in [4.78, 5) is 0. The monoisotopic (exact) mass is 496 g/mol. The van der Waals surface area contributed by atoms with E-state index in [2.05, 4.69) is 0 Å². The van der Waals surface area contributed by atoms with Gasteiger partial charge in [-0.15, -0.1) is 0 Å². The zero-order chi connectivity index (χ0) is 25.5. The molecule has 5 heteroatoms. The van der Waals surface area contributed by atoms with Crippen molar-refractivity contribution in [1.29, 1.82) is 0 Å². The third-order valence-corrected chi connectivity index (χ3v) is 7.16. The van der Waals surface area contributed by atoms with Crippen LogP contribution in [0.1, 0.15) is 61.6 Å². The molecule has 4 rings (SSSR count). The molecule has 1 aliphatic carbocycles. The summed E-state index contributed by atoms with van der Waals surface area (Å²) in [5.74, 6) is -1.48. The third-order valence-electron chi connectivity index (χ3n) is 7.16. The molecule has 1 nitrogen and oxygen atoms in total. The molecule has 1 aliphatic rings. The Morgan fingerprint density at radius 1 is 0.889 bits per heavy atom. The van der Waals surface area contributed by atoms with Crippen LogP contribution in [0.3, 0.4) is 0 Å². The fraction of sp³-hybridized carbons (Fsp3) is 0.355. The fourth-order valence-electron chi connectivity index (χ4n) is 5.11. The summed E-state index contributed by atoms with van der Waals surface area (Å²) in [6.45, 7) is 0.939. The Balaban J connectivity index is 1.28. The summed E-state index contributed by atoms with van der Waals surface area (Å²) >= 11 is 0. The standard InChI is InChI=1S/C31H32F4O/c1-2-36-29-18-17-28(30(34)31(29)35)26-15-7-22(8-16-26)4-3-21-5-11-24(12-6-21)25-13-9-23(10-14-25)19-27(33)20-32/h7-10,13-19,21,24H,2-6,11-12,20H2,1H3/b27-19-. The van der Waals surface area contributed by atoms with Gasteiger partial charge < -0.3 is 4.74 Å². The predicted octanol–water partition coefficient (Wildman–Crippen LogP) is 9.22. The highest BCUT2D eigenvalue weighted by Gasteiger charge is 2.22. The largest absolute Gasteiger partial charge is 0.491 e.